The Morgan fingerprint density at radius 1 is 1.50 bits per heavy atom. The number of nitrogens with zero attached hydrogens (tertiary/aromatic N) is 2. The van der Waals surface area contributed by atoms with Crippen molar-refractivity contribution in [2.24, 2.45) is 5.41 Å². The van der Waals surface area contributed by atoms with E-state index in [9.17, 15) is 14.2 Å². The maximum Gasteiger partial charge on any atom is 0.147 e. The van der Waals surface area contributed by atoms with Gasteiger partial charge in [0, 0.05) is 22.0 Å². The van der Waals surface area contributed by atoms with Crippen LogP contribution in [0, 0.1) is 22.6 Å². The van der Waals surface area contributed by atoms with Gasteiger partial charge in [-0.3, -0.25) is 4.98 Å². The van der Waals surface area contributed by atoms with Crippen molar-refractivity contribution in [3.63, 3.8) is 0 Å². The summed E-state index contributed by atoms with van der Waals surface area (Å²) in [5, 5.41) is 9.26. The third kappa shape index (κ3) is 3.30. The van der Waals surface area contributed by atoms with Gasteiger partial charge < -0.3 is 4.55 Å². The first-order chi connectivity index (χ1) is 10.0. The van der Waals surface area contributed by atoms with Crippen LogP contribution in [-0.4, -0.2) is 14.3 Å². The molecule has 1 unspecified atom stereocenters. The van der Waals surface area contributed by atoms with E-state index in [4.69, 9.17) is 0 Å². The van der Waals surface area contributed by atoms with Gasteiger partial charge in [0.25, 0.3) is 0 Å². The Morgan fingerprint density at radius 2 is 2.09 bits per heavy atom. The van der Waals surface area contributed by atoms with E-state index >= 15 is 0 Å². The predicted molar refractivity (Wildman–Crippen MR) is 87.6 cm³/mol. The van der Waals surface area contributed by atoms with Crippen molar-refractivity contribution < 1.29 is 8.94 Å². The molecule has 1 atom stereocenters. The fourth-order valence-electron chi connectivity index (χ4n) is 2.74. The van der Waals surface area contributed by atoms with Crippen molar-refractivity contribution >= 4 is 27.3 Å². The number of hydrogen-bond donors (Lipinski definition) is 1. The van der Waals surface area contributed by atoms with Crippen LogP contribution in [0.25, 0.3) is 0 Å². The van der Waals surface area contributed by atoms with Crippen LogP contribution in [0.2, 0.25) is 0 Å². The topological polar surface area (TPSA) is 71.8 Å². The zero-order chi connectivity index (χ0) is 16.8. The zero-order valence-electron chi connectivity index (χ0n) is 13.0. The molecular weight excluding hydrogens is 369 g/mol. The first kappa shape index (κ1) is 17.7. The van der Waals surface area contributed by atoms with Crippen LogP contribution in [0.5, 0.6) is 0 Å². The van der Waals surface area contributed by atoms with Gasteiger partial charge in [0.15, 0.2) is 0 Å². The summed E-state index contributed by atoms with van der Waals surface area (Å²) >= 11 is 1.80. The normalized spacial score (nSPS) is 29.5. The number of aromatic nitrogens is 1. The molecule has 1 saturated carbocycles. The third-order valence-corrected chi connectivity index (χ3v) is 5.88. The molecule has 0 amide bonds. The highest BCUT2D eigenvalue weighted by Crippen LogP contribution is 2.54. The van der Waals surface area contributed by atoms with Crippen LogP contribution >= 0.6 is 15.9 Å². The lowest BCUT2D eigenvalue weighted by Crippen LogP contribution is -2.61. The molecule has 1 aliphatic rings. The van der Waals surface area contributed by atoms with Gasteiger partial charge in [-0.25, -0.2) is 4.39 Å². The SMILES string of the molecule is CC(C)(C)[S+]([O-])N[C@]1(c2ncc(Br)cc2F)C[C@@](C)(C#N)C1. The summed E-state index contributed by atoms with van der Waals surface area (Å²) in [7, 11) is 0. The van der Waals surface area contributed by atoms with Gasteiger partial charge in [0.2, 0.25) is 0 Å². The van der Waals surface area contributed by atoms with E-state index in [1.165, 1.54) is 12.3 Å². The van der Waals surface area contributed by atoms with E-state index in [0.29, 0.717) is 17.3 Å². The second-order valence-corrected chi connectivity index (χ2v) is 9.96. The highest BCUT2D eigenvalue weighted by Gasteiger charge is 2.58. The van der Waals surface area contributed by atoms with Crippen molar-refractivity contribution in [2.45, 2.75) is 50.8 Å². The van der Waals surface area contributed by atoms with Gasteiger partial charge >= 0.3 is 0 Å². The minimum absolute atomic E-state index is 0.223. The van der Waals surface area contributed by atoms with Gasteiger partial charge in [-0.05, 0) is 62.5 Å². The van der Waals surface area contributed by atoms with Crippen LogP contribution in [0.4, 0.5) is 4.39 Å². The van der Waals surface area contributed by atoms with Crippen molar-refractivity contribution in [2.75, 3.05) is 0 Å². The molecule has 4 nitrogen and oxygen atoms in total. The second kappa shape index (κ2) is 5.75. The fraction of sp³-hybridized carbons (Fsp3) is 0.600. The van der Waals surface area contributed by atoms with E-state index in [-0.39, 0.29) is 5.69 Å². The van der Waals surface area contributed by atoms with E-state index in [0.717, 1.165) is 0 Å². The molecule has 120 valence electrons. The summed E-state index contributed by atoms with van der Waals surface area (Å²) in [6.45, 7) is 7.36. The predicted octanol–water partition coefficient (Wildman–Crippen LogP) is 3.55. The van der Waals surface area contributed by atoms with E-state index in [2.05, 4.69) is 31.7 Å². The van der Waals surface area contributed by atoms with Crippen molar-refractivity contribution in [3.8, 4) is 6.07 Å². The molecule has 7 heteroatoms. The number of pyridine rings is 1. The van der Waals surface area contributed by atoms with Crippen molar-refractivity contribution in [1.82, 2.24) is 9.71 Å². The molecule has 1 heterocycles. The van der Waals surface area contributed by atoms with E-state index < -0.39 is 32.9 Å². The molecule has 0 saturated heterocycles. The minimum Gasteiger partial charge on any atom is -0.598 e. The van der Waals surface area contributed by atoms with Gasteiger partial charge in [-0.1, -0.05) is 0 Å². The molecule has 0 bridgehead atoms. The van der Waals surface area contributed by atoms with E-state index in [1.807, 2.05) is 27.7 Å². The number of hydrogen-bond acceptors (Lipinski definition) is 4. The van der Waals surface area contributed by atoms with Crippen LogP contribution < -0.4 is 4.72 Å². The van der Waals surface area contributed by atoms with Crippen molar-refractivity contribution in [1.29, 1.82) is 5.26 Å². The molecule has 1 aromatic rings. The molecule has 1 aromatic heterocycles. The summed E-state index contributed by atoms with van der Waals surface area (Å²) in [6, 6.07) is 3.59. The summed E-state index contributed by atoms with van der Waals surface area (Å²) in [5.74, 6) is -0.465. The second-order valence-electron chi connectivity index (χ2n) is 7.08. The smallest absolute Gasteiger partial charge is 0.147 e. The van der Waals surface area contributed by atoms with Gasteiger partial charge in [-0.2, -0.15) is 5.26 Å². The molecule has 1 N–H and O–H groups in total. The average Bonchev–Trinajstić information content (AvgIpc) is 2.35. The number of rotatable bonds is 3. The summed E-state index contributed by atoms with van der Waals surface area (Å²) < 4.78 is 29.9. The Labute approximate surface area is 141 Å². The molecule has 0 radical (unpaired) electrons. The highest BCUT2D eigenvalue weighted by atomic mass is 79.9. The molecule has 22 heavy (non-hydrogen) atoms. The Morgan fingerprint density at radius 3 is 2.55 bits per heavy atom. The molecule has 2 rings (SSSR count). The monoisotopic (exact) mass is 387 g/mol. The quantitative estimate of drug-likeness (QED) is 0.804. The fourth-order valence-corrected chi connectivity index (χ4v) is 3.95. The average molecular weight is 388 g/mol. The van der Waals surface area contributed by atoms with E-state index in [1.54, 1.807) is 0 Å². The lowest BCUT2D eigenvalue weighted by atomic mass is 9.58. The largest absolute Gasteiger partial charge is 0.598 e. The van der Waals surface area contributed by atoms with Crippen LogP contribution in [0.3, 0.4) is 0 Å². The first-order valence-corrected chi connectivity index (χ1v) is 8.88. The number of nitriles is 1. The Balaban J connectivity index is 2.39. The Bertz CT molecular complexity index is 620. The highest BCUT2D eigenvalue weighted by molar-refractivity contribution is 9.10. The standard InChI is InChI=1S/C15H19BrFN3OS/c1-13(2,3)22(21)20-15(7-14(4,8-15)9-18)12-11(17)5-10(16)6-19-12/h5-6,20H,7-8H2,1-4H3/t14-,15-,22?. The van der Waals surface area contributed by atoms with Crippen LogP contribution in [-0.2, 0) is 16.9 Å². The first-order valence-electron chi connectivity index (χ1n) is 6.94. The third-order valence-electron chi connectivity index (χ3n) is 3.76. The molecular formula is C15H19BrFN3OS. The van der Waals surface area contributed by atoms with Gasteiger partial charge in [0.05, 0.1) is 11.5 Å². The molecule has 1 aliphatic carbocycles. The maximum atomic E-state index is 14.4. The lowest BCUT2D eigenvalue weighted by molar-refractivity contribution is 0.0731. The summed E-state index contributed by atoms with van der Waals surface area (Å²) in [5.41, 5.74) is -1.20. The maximum absolute atomic E-state index is 14.4. The minimum atomic E-state index is -1.38. The molecule has 0 spiro atoms. The molecule has 1 fully saturated rings. The number of halogens is 2. The molecule has 0 aliphatic heterocycles. The Kier molecular flexibility index (Phi) is 4.62. The van der Waals surface area contributed by atoms with Crippen LogP contribution in [0.1, 0.15) is 46.2 Å². The van der Waals surface area contributed by atoms with Gasteiger partial charge in [-0.15, -0.1) is 4.72 Å². The Hall–Kier alpha value is -0.680. The summed E-state index contributed by atoms with van der Waals surface area (Å²) in [6.07, 6.45) is 2.28. The lowest BCUT2D eigenvalue weighted by Gasteiger charge is -2.50. The zero-order valence-corrected chi connectivity index (χ0v) is 15.4. The summed E-state index contributed by atoms with van der Waals surface area (Å²) in [4.78, 5) is 4.18. The van der Waals surface area contributed by atoms with Crippen molar-refractivity contribution in [3.05, 3.63) is 28.2 Å². The van der Waals surface area contributed by atoms with Crippen LogP contribution in [0.15, 0.2) is 16.7 Å². The van der Waals surface area contributed by atoms with Gasteiger partial charge in [0.1, 0.15) is 21.8 Å². The molecule has 0 aromatic carbocycles. The number of nitrogens with one attached hydrogen (secondary N) is 1.